The van der Waals surface area contributed by atoms with Gasteiger partial charge in [0, 0.05) is 13.1 Å². The number of hydrogen-bond acceptors (Lipinski definition) is 5. The van der Waals surface area contributed by atoms with E-state index in [0.29, 0.717) is 37.4 Å². The first-order chi connectivity index (χ1) is 10.9. The summed E-state index contributed by atoms with van der Waals surface area (Å²) in [6, 6.07) is 0. The Morgan fingerprint density at radius 2 is 2.26 bits per heavy atom. The van der Waals surface area contributed by atoms with E-state index in [1.165, 1.54) is 6.33 Å². The van der Waals surface area contributed by atoms with Gasteiger partial charge in [0.15, 0.2) is 5.65 Å². The molecule has 2 aromatic heterocycles. The SMILES string of the molecule is O=C(NCC(F)(F)F)C1CCCN(c2ncnc3[nH]ncc23)C1. The quantitative estimate of drug-likeness (QED) is 0.885. The van der Waals surface area contributed by atoms with Crippen LogP contribution in [0.3, 0.4) is 0 Å². The van der Waals surface area contributed by atoms with E-state index in [2.05, 4.69) is 20.2 Å². The van der Waals surface area contributed by atoms with Gasteiger partial charge in [0.2, 0.25) is 5.91 Å². The van der Waals surface area contributed by atoms with Gasteiger partial charge in [-0.15, -0.1) is 0 Å². The van der Waals surface area contributed by atoms with Crippen LogP contribution >= 0.6 is 0 Å². The number of carbonyl (C=O) groups is 1. The number of alkyl halides is 3. The van der Waals surface area contributed by atoms with Crippen LogP contribution in [0, 0.1) is 5.92 Å². The highest BCUT2D eigenvalue weighted by atomic mass is 19.4. The van der Waals surface area contributed by atoms with Gasteiger partial charge in [-0.25, -0.2) is 9.97 Å². The molecule has 10 heteroatoms. The Hall–Kier alpha value is -2.39. The fraction of sp³-hybridized carbons (Fsp3) is 0.538. The molecule has 0 aromatic carbocycles. The maximum Gasteiger partial charge on any atom is 0.405 e. The first-order valence-corrected chi connectivity index (χ1v) is 7.17. The van der Waals surface area contributed by atoms with Crippen LogP contribution in [0.15, 0.2) is 12.5 Å². The molecule has 0 radical (unpaired) electrons. The van der Waals surface area contributed by atoms with Crippen LogP contribution in [0.5, 0.6) is 0 Å². The lowest BCUT2D eigenvalue weighted by molar-refractivity contribution is -0.140. The van der Waals surface area contributed by atoms with Crippen LogP contribution in [0.4, 0.5) is 19.0 Å². The number of halogens is 3. The van der Waals surface area contributed by atoms with Gasteiger partial charge in [-0.1, -0.05) is 0 Å². The normalized spacial score (nSPS) is 19.1. The van der Waals surface area contributed by atoms with Crippen LogP contribution < -0.4 is 10.2 Å². The van der Waals surface area contributed by atoms with E-state index < -0.39 is 24.5 Å². The van der Waals surface area contributed by atoms with E-state index in [1.807, 2.05) is 10.2 Å². The van der Waals surface area contributed by atoms with Crippen molar-refractivity contribution in [3.63, 3.8) is 0 Å². The van der Waals surface area contributed by atoms with Crippen LogP contribution in [-0.4, -0.2) is 51.9 Å². The molecule has 0 saturated carbocycles. The number of hydrogen-bond donors (Lipinski definition) is 2. The van der Waals surface area contributed by atoms with Crippen LogP contribution in [0.1, 0.15) is 12.8 Å². The molecule has 1 atom stereocenters. The lowest BCUT2D eigenvalue weighted by atomic mass is 9.97. The van der Waals surface area contributed by atoms with E-state index in [1.54, 1.807) is 6.20 Å². The van der Waals surface area contributed by atoms with Gasteiger partial charge >= 0.3 is 6.18 Å². The molecule has 1 aliphatic heterocycles. The van der Waals surface area contributed by atoms with Gasteiger partial charge in [-0.2, -0.15) is 18.3 Å². The molecular formula is C13H15F3N6O. The first-order valence-electron chi connectivity index (χ1n) is 7.17. The average Bonchev–Trinajstić information content (AvgIpc) is 3.00. The number of anilines is 1. The van der Waals surface area contributed by atoms with Crippen molar-refractivity contribution in [2.45, 2.75) is 19.0 Å². The molecular weight excluding hydrogens is 313 g/mol. The second-order valence-corrected chi connectivity index (χ2v) is 5.45. The summed E-state index contributed by atoms with van der Waals surface area (Å²) in [4.78, 5) is 22.1. The molecule has 0 bridgehead atoms. The lowest BCUT2D eigenvalue weighted by Gasteiger charge is -2.33. The molecule has 0 aliphatic carbocycles. The molecule has 0 spiro atoms. The summed E-state index contributed by atoms with van der Waals surface area (Å²) in [6.07, 6.45) is -0.159. The van der Waals surface area contributed by atoms with Gasteiger partial charge in [0.05, 0.1) is 17.5 Å². The Balaban J connectivity index is 1.71. The van der Waals surface area contributed by atoms with E-state index in [9.17, 15) is 18.0 Å². The highest BCUT2D eigenvalue weighted by molar-refractivity contribution is 5.87. The van der Waals surface area contributed by atoms with Crippen molar-refractivity contribution >= 4 is 22.8 Å². The fourth-order valence-electron chi connectivity index (χ4n) is 2.72. The number of carbonyl (C=O) groups excluding carboxylic acids is 1. The van der Waals surface area contributed by atoms with Crippen LogP contribution in [0.25, 0.3) is 11.0 Å². The van der Waals surface area contributed by atoms with Gasteiger partial charge in [-0.3, -0.25) is 9.89 Å². The number of H-pyrrole nitrogens is 1. The minimum atomic E-state index is -4.40. The predicted molar refractivity (Wildman–Crippen MR) is 75.7 cm³/mol. The van der Waals surface area contributed by atoms with Crippen molar-refractivity contribution in [2.75, 3.05) is 24.5 Å². The molecule has 1 amide bonds. The minimum absolute atomic E-state index is 0.320. The zero-order valence-corrected chi connectivity index (χ0v) is 12.1. The van der Waals surface area contributed by atoms with Gasteiger partial charge in [-0.05, 0) is 12.8 Å². The van der Waals surface area contributed by atoms with E-state index >= 15 is 0 Å². The van der Waals surface area contributed by atoms with Crippen molar-refractivity contribution in [1.29, 1.82) is 0 Å². The third-order valence-corrected chi connectivity index (χ3v) is 3.78. The number of nitrogens with one attached hydrogen (secondary N) is 2. The first kappa shape index (κ1) is 15.5. The summed E-state index contributed by atoms with van der Waals surface area (Å²) in [7, 11) is 0. The summed E-state index contributed by atoms with van der Waals surface area (Å²) in [6.45, 7) is -0.302. The van der Waals surface area contributed by atoms with Crippen molar-refractivity contribution in [3.05, 3.63) is 12.5 Å². The monoisotopic (exact) mass is 328 g/mol. The van der Waals surface area contributed by atoms with Gasteiger partial charge in [0.25, 0.3) is 0 Å². The van der Waals surface area contributed by atoms with Crippen molar-refractivity contribution < 1.29 is 18.0 Å². The molecule has 2 aromatic rings. The fourth-order valence-corrected chi connectivity index (χ4v) is 2.72. The standard InChI is InChI=1S/C13H15F3N6O/c14-13(15,16)6-17-12(23)8-2-1-3-22(5-8)11-9-4-20-21-10(9)18-7-19-11/h4,7-8H,1-3,5-6H2,(H,17,23)(H,18,19,20,21). The third-order valence-electron chi connectivity index (χ3n) is 3.78. The highest BCUT2D eigenvalue weighted by Crippen LogP contribution is 2.26. The number of rotatable bonds is 3. The predicted octanol–water partition coefficient (Wildman–Crippen LogP) is 1.25. The Morgan fingerprint density at radius 3 is 3.04 bits per heavy atom. The maximum atomic E-state index is 12.2. The zero-order chi connectivity index (χ0) is 16.4. The van der Waals surface area contributed by atoms with E-state index in [-0.39, 0.29) is 0 Å². The maximum absolute atomic E-state index is 12.2. The number of amides is 1. The molecule has 1 fully saturated rings. The molecule has 2 N–H and O–H groups in total. The summed E-state index contributed by atoms with van der Waals surface area (Å²) >= 11 is 0. The Labute approximate surface area is 129 Å². The molecule has 23 heavy (non-hydrogen) atoms. The second-order valence-electron chi connectivity index (χ2n) is 5.45. The summed E-state index contributed by atoms with van der Waals surface area (Å²) < 4.78 is 36.6. The van der Waals surface area contributed by atoms with Crippen LogP contribution in [-0.2, 0) is 4.79 Å². The molecule has 3 rings (SSSR count). The zero-order valence-electron chi connectivity index (χ0n) is 12.1. The topological polar surface area (TPSA) is 86.8 Å². The molecule has 7 nitrogen and oxygen atoms in total. The second kappa shape index (κ2) is 6.01. The number of fused-ring (bicyclic) bond motifs is 1. The van der Waals surface area contributed by atoms with Gasteiger partial charge in [0.1, 0.15) is 18.7 Å². The van der Waals surface area contributed by atoms with Crippen molar-refractivity contribution in [3.8, 4) is 0 Å². The van der Waals surface area contributed by atoms with Crippen molar-refractivity contribution in [2.24, 2.45) is 5.92 Å². The van der Waals surface area contributed by atoms with Crippen LogP contribution in [0.2, 0.25) is 0 Å². The Morgan fingerprint density at radius 1 is 1.43 bits per heavy atom. The molecule has 3 heterocycles. The van der Waals surface area contributed by atoms with E-state index in [4.69, 9.17) is 0 Å². The summed E-state index contributed by atoms with van der Waals surface area (Å²) in [5, 5.41) is 9.33. The lowest BCUT2D eigenvalue weighted by Crippen LogP contribution is -2.45. The third kappa shape index (κ3) is 3.51. The number of aromatic amines is 1. The Kier molecular flexibility index (Phi) is 4.05. The Bertz CT molecular complexity index is 700. The molecule has 1 saturated heterocycles. The molecule has 124 valence electrons. The average molecular weight is 328 g/mol. The summed E-state index contributed by atoms with van der Waals surface area (Å²) in [5.41, 5.74) is 0.582. The minimum Gasteiger partial charge on any atom is -0.355 e. The summed E-state index contributed by atoms with van der Waals surface area (Å²) in [5.74, 6) is -0.440. The number of piperidine rings is 1. The number of aromatic nitrogens is 4. The number of nitrogens with zero attached hydrogens (tertiary/aromatic N) is 4. The van der Waals surface area contributed by atoms with Gasteiger partial charge < -0.3 is 10.2 Å². The largest absolute Gasteiger partial charge is 0.405 e. The van der Waals surface area contributed by atoms with E-state index in [0.717, 1.165) is 5.39 Å². The molecule has 1 aliphatic rings. The highest BCUT2D eigenvalue weighted by Gasteiger charge is 2.32. The molecule has 1 unspecified atom stereocenters. The smallest absolute Gasteiger partial charge is 0.355 e. The van der Waals surface area contributed by atoms with Crippen molar-refractivity contribution in [1.82, 2.24) is 25.5 Å².